The number of rotatable bonds is 8. The zero-order valence-corrected chi connectivity index (χ0v) is 13.1. The van der Waals surface area contributed by atoms with E-state index in [1.165, 1.54) is 0 Å². The molecule has 1 atom stereocenters. The Kier molecular flexibility index (Phi) is 7.03. The predicted octanol–water partition coefficient (Wildman–Crippen LogP) is 2.85. The van der Waals surface area contributed by atoms with Gasteiger partial charge in [-0.25, -0.2) is 0 Å². The van der Waals surface area contributed by atoms with Crippen LogP contribution in [0.5, 0.6) is 0 Å². The summed E-state index contributed by atoms with van der Waals surface area (Å²) in [5, 5.41) is 3.53. The van der Waals surface area contributed by atoms with Crippen LogP contribution in [0.3, 0.4) is 0 Å². The molecule has 0 bridgehead atoms. The van der Waals surface area contributed by atoms with Crippen molar-refractivity contribution in [3.8, 4) is 0 Å². The fraction of sp³-hybridized carbons (Fsp3) is 0.688. The van der Waals surface area contributed by atoms with E-state index in [9.17, 15) is 0 Å². The van der Waals surface area contributed by atoms with Crippen LogP contribution >= 0.6 is 0 Å². The van der Waals surface area contributed by atoms with Crippen molar-refractivity contribution < 1.29 is 0 Å². The van der Waals surface area contributed by atoms with Crippen molar-refractivity contribution >= 4 is 0 Å². The van der Waals surface area contributed by atoms with E-state index in [1.807, 2.05) is 13.0 Å². The summed E-state index contributed by atoms with van der Waals surface area (Å²) in [5.74, 6) is 0.709. The fourth-order valence-electron chi connectivity index (χ4n) is 2.18. The van der Waals surface area contributed by atoms with E-state index in [-0.39, 0.29) is 0 Å². The molecule has 1 heterocycles. The van der Waals surface area contributed by atoms with Crippen molar-refractivity contribution in [1.29, 1.82) is 0 Å². The molecule has 19 heavy (non-hydrogen) atoms. The Labute approximate surface area is 118 Å². The van der Waals surface area contributed by atoms with Crippen molar-refractivity contribution in [3.05, 3.63) is 29.6 Å². The first-order chi connectivity index (χ1) is 9.02. The average Bonchev–Trinajstić information content (AvgIpc) is 2.35. The minimum absolute atomic E-state index is 0.533. The molecule has 1 rings (SSSR count). The summed E-state index contributed by atoms with van der Waals surface area (Å²) in [4.78, 5) is 7.06. The van der Waals surface area contributed by atoms with Gasteiger partial charge in [0.2, 0.25) is 0 Å². The summed E-state index contributed by atoms with van der Waals surface area (Å²) in [6.07, 6.45) is 0. The highest BCUT2D eigenvalue weighted by molar-refractivity contribution is 5.09. The number of aryl methyl sites for hydroxylation is 1. The van der Waals surface area contributed by atoms with E-state index < -0.39 is 0 Å². The zero-order chi connectivity index (χ0) is 14.3. The van der Waals surface area contributed by atoms with E-state index in [0.717, 1.165) is 37.6 Å². The molecule has 0 aliphatic heterocycles. The lowest BCUT2D eigenvalue weighted by atomic mass is 10.2. The molecule has 108 valence electrons. The van der Waals surface area contributed by atoms with E-state index in [4.69, 9.17) is 0 Å². The van der Waals surface area contributed by atoms with Crippen molar-refractivity contribution in [2.75, 3.05) is 19.6 Å². The molecule has 1 aromatic heterocycles. The van der Waals surface area contributed by atoms with Gasteiger partial charge in [-0.15, -0.1) is 0 Å². The first-order valence-corrected chi connectivity index (χ1v) is 7.40. The molecule has 0 saturated carbocycles. The summed E-state index contributed by atoms with van der Waals surface area (Å²) in [5.41, 5.74) is 2.26. The molecule has 0 amide bonds. The summed E-state index contributed by atoms with van der Waals surface area (Å²) >= 11 is 0. The van der Waals surface area contributed by atoms with E-state index >= 15 is 0 Å². The SMILES string of the molecule is CCN(Cc1cccc(C)n1)C(C)CNCC(C)C. The quantitative estimate of drug-likeness (QED) is 0.781. The fourth-order valence-corrected chi connectivity index (χ4v) is 2.18. The van der Waals surface area contributed by atoms with Gasteiger partial charge in [-0.3, -0.25) is 9.88 Å². The van der Waals surface area contributed by atoms with E-state index in [2.05, 4.69) is 55.0 Å². The minimum Gasteiger partial charge on any atom is -0.315 e. The van der Waals surface area contributed by atoms with Gasteiger partial charge in [-0.1, -0.05) is 26.8 Å². The lowest BCUT2D eigenvalue weighted by molar-refractivity contribution is 0.202. The van der Waals surface area contributed by atoms with Gasteiger partial charge < -0.3 is 5.32 Å². The normalized spacial score (nSPS) is 13.2. The molecule has 0 aliphatic carbocycles. The lowest BCUT2D eigenvalue weighted by Crippen LogP contribution is -2.40. The van der Waals surface area contributed by atoms with Crippen LogP contribution in [-0.4, -0.2) is 35.6 Å². The molecule has 0 spiro atoms. The molecule has 1 N–H and O–H groups in total. The smallest absolute Gasteiger partial charge is 0.0547 e. The monoisotopic (exact) mass is 263 g/mol. The predicted molar refractivity (Wildman–Crippen MR) is 82.2 cm³/mol. The molecule has 0 saturated heterocycles. The van der Waals surface area contributed by atoms with Crippen LogP contribution in [0.2, 0.25) is 0 Å². The molecule has 3 heteroatoms. The van der Waals surface area contributed by atoms with Gasteiger partial charge in [0, 0.05) is 24.8 Å². The number of nitrogens with one attached hydrogen (secondary N) is 1. The van der Waals surface area contributed by atoms with Crippen LogP contribution in [0.4, 0.5) is 0 Å². The number of pyridine rings is 1. The molecular weight excluding hydrogens is 234 g/mol. The maximum Gasteiger partial charge on any atom is 0.0547 e. The van der Waals surface area contributed by atoms with Gasteiger partial charge in [0.1, 0.15) is 0 Å². The highest BCUT2D eigenvalue weighted by Crippen LogP contribution is 2.07. The van der Waals surface area contributed by atoms with Crippen molar-refractivity contribution in [1.82, 2.24) is 15.2 Å². The third kappa shape index (κ3) is 6.17. The number of hydrogen-bond donors (Lipinski definition) is 1. The summed E-state index contributed by atoms with van der Waals surface area (Å²) in [7, 11) is 0. The lowest BCUT2D eigenvalue weighted by Gasteiger charge is -2.28. The Bertz CT molecular complexity index is 363. The van der Waals surface area contributed by atoms with Crippen LogP contribution in [0.15, 0.2) is 18.2 Å². The van der Waals surface area contributed by atoms with Crippen LogP contribution in [0.25, 0.3) is 0 Å². The van der Waals surface area contributed by atoms with E-state index in [0.29, 0.717) is 12.0 Å². The molecule has 0 radical (unpaired) electrons. The second kappa shape index (κ2) is 8.28. The largest absolute Gasteiger partial charge is 0.315 e. The summed E-state index contributed by atoms with van der Waals surface area (Å²) < 4.78 is 0. The summed E-state index contributed by atoms with van der Waals surface area (Å²) in [6.45, 7) is 15.2. The number of aromatic nitrogens is 1. The topological polar surface area (TPSA) is 28.2 Å². The zero-order valence-electron chi connectivity index (χ0n) is 13.1. The maximum atomic E-state index is 4.59. The Morgan fingerprint density at radius 3 is 2.53 bits per heavy atom. The first-order valence-electron chi connectivity index (χ1n) is 7.40. The second-order valence-corrected chi connectivity index (χ2v) is 5.73. The van der Waals surface area contributed by atoms with Crippen molar-refractivity contribution in [3.63, 3.8) is 0 Å². The molecular formula is C16H29N3. The van der Waals surface area contributed by atoms with E-state index in [1.54, 1.807) is 0 Å². The summed E-state index contributed by atoms with van der Waals surface area (Å²) in [6, 6.07) is 6.79. The maximum absolute atomic E-state index is 4.59. The molecule has 0 aromatic carbocycles. The van der Waals surface area contributed by atoms with Crippen LogP contribution in [-0.2, 0) is 6.54 Å². The Balaban J connectivity index is 2.48. The average molecular weight is 263 g/mol. The van der Waals surface area contributed by atoms with Crippen LogP contribution in [0, 0.1) is 12.8 Å². The molecule has 0 fully saturated rings. The van der Waals surface area contributed by atoms with Crippen molar-refractivity contribution in [2.24, 2.45) is 5.92 Å². The van der Waals surface area contributed by atoms with Crippen LogP contribution < -0.4 is 5.32 Å². The van der Waals surface area contributed by atoms with Crippen molar-refractivity contribution in [2.45, 2.75) is 47.2 Å². The first kappa shape index (κ1) is 16.1. The Morgan fingerprint density at radius 2 is 1.95 bits per heavy atom. The molecule has 3 nitrogen and oxygen atoms in total. The number of nitrogens with zero attached hydrogens (tertiary/aromatic N) is 2. The number of likely N-dealkylation sites (N-methyl/N-ethyl adjacent to an activating group) is 1. The molecule has 1 unspecified atom stereocenters. The highest BCUT2D eigenvalue weighted by atomic mass is 15.2. The standard InChI is InChI=1S/C16H29N3/c1-6-19(15(5)11-17-10-13(2)3)12-16-9-7-8-14(4)18-16/h7-9,13,15,17H,6,10-12H2,1-5H3. The molecule has 1 aromatic rings. The van der Waals surface area contributed by atoms with Crippen LogP contribution in [0.1, 0.15) is 39.1 Å². The van der Waals surface area contributed by atoms with Gasteiger partial charge in [-0.2, -0.15) is 0 Å². The van der Waals surface area contributed by atoms with Gasteiger partial charge in [-0.05, 0) is 45.0 Å². The van der Waals surface area contributed by atoms with Gasteiger partial charge >= 0.3 is 0 Å². The Morgan fingerprint density at radius 1 is 1.21 bits per heavy atom. The van der Waals surface area contributed by atoms with Gasteiger partial charge in [0.05, 0.1) is 5.69 Å². The second-order valence-electron chi connectivity index (χ2n) is 5.73. The van der Waals surface area contributed by atoms with Gasteiger partial charge in [0.15, 0.2) is 0 Å². The highest BCUT2D eigenvalue weighted by Gasteiger charge is 2.12. The minimum atomic E-state index is 0.533. The third-order valence-corrected chi connectivity index (χ3v) is 3.33. The number of hydrogen-bond acceptors (Lipinski definition) is 3. The molecule has 0 aliphatic rings. The van der Waals surface area contributed by atoms with Gasteiger partial charge in [0.25, 0.3) is 0 Å². The third-order valence-electron chi connectivity index (χ3n) is 3.33. The Hall–Kier alpha value is -0.930.